The maximum atomic E-state index is 4.43. The fourth-order valence-electron chi connectivity index (χ4n) is 2.80. The Labute approximate surface area is 116 Å². The second kappa shape index (κ2) is 5.27. The summed E-state index contributed by atoms with van der Waals surface area (Å²) in [6.45, 7) is 2.35. The number of aromatic nitrogens is 1. The standard InChI is InChI=1S/C15H17BrN2/c16-8-5-12-7-10-18(11-12)15-6-9-17-14-4-2-1-3-13(14)15/h1-4,6,9,12H,5,7-8,10-11H2. The molecule has 2 aromatic rings. The SMILES string of the molecule is BrCCC1CCN(c2ccnc3ccccc23)C1. The molecule has 1 saturated heterocycles. The molecule has 0 spiro atoms. The van der Waals surface area contributed by atoms with Crippen LogP contribution in [-0.2, 0) is 0 Å². The van der Waals surface area contributed by atoms with Gasteiger partial charge in [-0.3, -0.25) is 4.98 Å². The van der Waals surface area contributed by atoms with Crippen LogP contribution in [0.4, 0.5) is 5.69 Å². The van der Waals surface area contributed by atoms with E-state index < -0.39 is 0 Å². The van der Waals surface area contributed by atoms with Crippen LogP contribution < -0.4 is 4.90 Å². The summed E-state index contributed by atoms with van der Waals surface area (Å²) >= 11 is 3.55. The van der Waals surface area contributed by atoms with Gasteiger partial charge in [-0.05, 0) is 30.9 Å². The molecule has 2 heterocycles. The van der Waals surface area contributed by atoms with Crippen molar-refractivity contribution in [3.05, 3.63) is 36.5 Å². The van der Waals surface area contributed by atoms with Gasteiger partial charge in [0.2, 0.25) is 0 Å². The van der Waals surface area contributed by atoms with Crippen molar-refractivity contribution in [1.29, 1.82) is 0 Å². The van der Waals surface area contributed by atoms with Crippen molar-refractivity contribution in [3.8, 4) is 0 Å². The molecule has 0 N–H and O–H groups in total. The Balaban J connectivity index is 1.91. The molecule has 0 saturated carbocycles. The Morgan fingerprint density at radius 1 is 1.28 bits per heavy atom. The van der Waals surface area contributed by atoms with Crippen LogP contribution in [0.5, 0.6) is 0 Å². The summed E-state index contributed by atoms with van der Waals surface area (Å²) < 4.78 is 0. The molecule has 1 atom stereocenters. The van der Waals surface area contributed by atoms with Crippen molar-refractivity contribution in [3.63, 3.8) is 0 Å². The highest BCUT2D eigenvalue weighted by atomic mass is 79.9. The molecule has 1 aromatic carbocycles. The van der Waals surface area contributed by atoms with Gasteiger partial charge >= 0.3 is 0 Å². The molecule has 0 amide bonds. The first-order valence-corrected chi connectivity index (χ1v) is 7.65. The molecule has 1 fully saturated rings. The van der Waals surface area contributed by atoms with Gasteiger partial charge in [-0.1, -0.05) is 34.1 Å². The fourth-order valence-corrected chi connectivity index (χ4v) is 3.45. The van der Waals surface area contributed by atoms with E-state index in [1.807, 2.05) is 6.20 Å². The van der Waals surface area contributed by atoms with Gasteiger partial charge in [0.05, 0.1) is 5.52 Å². The van der Waals surface area contributed by atoms with Gasteiger partial charge in [-0.15, -0.1) is 0 Å². The number of hydrogen-bond acceptors (Lipinski definition) is 2. The molecule has 1 unspecified atom stereocenters. The van der Waals surface area contributed by atoms with Crippen LogP contribution in [0.15, 0.2) is 36.5 Å². The van der Waals surface area contributed by atoms with E-state index >= 15 is 0 Å². The number of halogens is 1. The summed E-state index contributed by atoms with van der Waals surface area (Å²) in [7, 11) is 0. The van der Waals surface area contributed by atoms with Crippen LogP contribution >= 0.6 is 15.9 Å². The predicted molar refractivity (Wildman–Crippen MR) is 80.5 cm³/mol. The van der Waals surface area contributed by atoms with E-state index in [1.165, 1.54) is 37.0 Å². The van der Waals surface area contributed by atoms with Crippen LogP contribution in [-0.4, -0.2) is 23.4 Å². The van der Waals surface area contributed by atoms with E-state index in [1.54, 1.807) is 0 Å². The monoisotopic (exact) mass is 304 g/mol. The van der Waals surface area contributed by atoms with Gasteiger partial charge in [0, 0.05) is 35.7 Å². The molecule has 94 valence electrons. The summed E-state index contributed by atoms with van der Waals surface area (Å²) in [6.07, 6.45) is 4.51. The van der Waals surface area contributed by atoms with Gasteiger partial charge in [-0.25, -0.2) is 0 Å². The second-order valence-electron chi connectivity index (χ2n) is 4.93. The van der Waals surface area contributed by atoms with Gasteiger partial charge in [0.15, 0.2) is 0 Å². The van der Waals surface area contributed by atoms with E-state index in [4.69, 9.17) is 0 Å². The zero-order valence-corrected chi connectivity index (χ0v) is 11.9. The number of nitrogens with zero attached hydrogens (tertiary/aromatic N) is 2. The molecular formula is C15H17BrN2. The lowest BCUT2D eigenvalue weighted by Crippen LogP contribution is -2.20. The van der Waals surface area contributed by atoms with Gasteiger partial charge in [-0.2, -0.15) is 0 Å². The number of rotatable bonds is 3. The fraction of sp³-hybridized carbons (Fsp3) is 0.400. The van der Waals surface area contributed by atoms with Crippen LogP contribution in [0.3, 0.4) is 0 Å². The van der Waals surface area contributed by atoms with E-state index in [9.17, 15) is 0 Å². The lowest BCUT2D eigenvalue weighted by molar-refractivity contribution is 0.576. The van der Waals surface area contributed by atoms with E-state index in [0.29, 0.717) is 0 Å². The summed E-state index contributed by atoms with van der Waals surface area (Å²) in [4.78, 5) is 6.95. The number of pyridine rings is 1. The number of fused-ring (bicyclic) bond motifs is 1. The highest BCUT2D eigenvalue weighted by Gasteiger charge is 2.23. The quantitative estimate of drug-likeness (QED) is 0.801. The first kappa shape index (κ1) is 12.0. The molecule has 3 rings (SSSR count). The first-order valence-electron chi connectivity index (χ1n) is 6.53. The number of hydrogen-bond donors (Lipinski definition) is 0. The number of anilines is 1. The van der Waals surface area contributed by atoms with Gasteiger partial charge < -0.3 is 4.90 Å². The van der Waals surface area contributed by atoms with E-state index in [-0.39, 0.29) is 0 Å². The minimum Gasteiger partial charge on any atom is -0.371 e. The summed E-state index contributed by atoms with van der Waals surface area (Å²) in [6, 6.07) is 10.6. The smallest absolute Gasteiger partial charge is 0.0722 e. The normalized spacial score (nSPS) is 19.6. The van der Waals surface area contributed by atoms with Crippen LogP contribution in [0.2, 0.25) is 0 Å². The van der Waals surface area contributed by atoms with Gasteiger partial charge in [0.1, 0.15) is 0 Å². The topological polar surface area (TPSA) is 16.1 Å². The van der Waals surface area contributed by atoms with Crippen molar-refractivity contribution in [1.82, 2.24) is 4.98 Å². The van der Waals surface area contributed by atoms with Crippen molar-refractivity contribution in [2.75, 3.05) is 23.3 Å². The Morgan fingerprint density at radius 3 is 3.06 bits per heavy atom. The van der Waals surface area contributed by atoms with Crippen molar-refractivity contribution < 1.29 is 0 Å². The number of alkyl halides is 1. The molecule has 18 heavy (non-hydrogen) atoms. The molecular weight excluding hydrogens is 288 g/mol. The Kier molecular flexibility index (Phi) is 3.50. The maximum Gasteiger partial charge on any atom is 0.0722 e. The van der Waals surface area contributed by atoms with Crippen LogP contribution in [0.1, 0.15) is 12.8 Å². The zero-order chi connectivity index (χ0) is 12.4. The third-order valence-electron chi connectivity index (χ3n) is 3.77. The minimum atomic E-state index is 0.830. The third kappa shape index (κ3) is 2.24. The Bertz CT molecular complexity index is 536. The Hall–Kier alpha value is -1.09. The van der Waals surface area contributed by atoms with E-state index in [0.717, 1.165) is 16.8 Å². The Morgan fingerprint density at radius 2 is 2.17 bits per heavy atom. The largest absolute Gasteiger partial charge is 0.371 e. The predicted octanol–water partition coefficient (Wildman–Crippen LogP) is 3.85. The molecule has 1 aliphatic rings. The summed E-state index contributed by atoms with van der Waals surface area (Å²) in [5.41, 5.74) is 2.44. The minimum absolute atomic E-state index is 0.830. The molecule has 0 radical (unpaired) electrons. The van der Waals surface area contributed by atoms with Crippen molar-refractivity contribution in [2.45, 2.75) is 12.8 Å². The lowest BCUT2D eigenvalue weighted by Gasteiger charge is -2.20. The average molecular weight is 305 g/mol. The van der Waals surface area contributed by atoms with Crippen molar-refractivity contribution >= 4 is 32.5 Å². The molecule has 1 aliphatic heterocycles. The van der Waals surface area contributed by atoms with Crippen LogP contribution in [0.25, 0.3) is 10.9 Å². The van der Waals surface area contributed by atoms with Crippen molar-refractivity contribution in [2.24, 2.45) is 5.92 Å². The lowest BCUT2D eigenvalue weighted by atomic mass is 10.1. The molecule has 3 heteroatoms. The van der Waals surface area contributed by atoms with Gasteiger partial charge in [0.25, 0.3) is 0 Å². The molecule has 2 nitrogen and oxygen atoms in total. The highest BCUT2D eigenvalue weighted by molar-refractivity contribution is 9.09. The molecule has 1 aromatic heterocycles. The summed E-state index contributed by atoms with van der Waals surface area (Å²) in [5.74, 6) is 0.830. The number of benzene rings is 1. The number of para-hydroxylation sites is 1. The first-order chi connectivity index (χ1) is 8.88. The maximum absolute atomic E-state index is 4.43. The van der Waals surface area contributed by atoms with E-state index in [2.05, 4.69) is 56.1 Å². The summed E-state index contributed by atoms with van der Waals surface area (Å²) in [5, 5.41) is 2.39. The molecule has 0 bridgehead atoms. The van der Waals surface area contributed by atoms with Crippen LogP contribution in [0, 0.1) is 5.92 Å². The third-order valence-corrected chi connectivity index (χ3v) is 4.23. The zero-order valence-electron chi connectivity index (χ0n) is 10.3. The molecule has 0 aliphatic carbocycles. The average Bonchev–Trinajstić information content (AvgIpc) is 2.87. The second-order valence-corrected chi connectivity index (χ2v) is 5.72. The highest BCUT2D eigenvalue weighted by Crippen LogP contribution is 2.30.